The highest BCUT2D eigenvalue weighted by atomic mass is 32.2. The van der Waals surface area contributed by atoms with Crippen molar-refractivity contribution in [1.29, 1.82) is 0 Å². The van der Waals surface area contributed by atoms with Crippen LogP contribution in [0.5, 0.6) is 0 Å². The Balaban J connectivity index is 1.16. The van der Waals surface area contributed by atoms with Crippen LogP contribution < -0.4 is 15.5 Å². The molecule has 2 aromatic heterocycles. The maximum Gasteiger partial charge on any atom is 0.243 e. The average molecular weight is 615 g/mol. The second-order valence-electron chi connectivity index (χ2n) is 10.8. The van der Waals surface area contributed by atoms with Crippen molar-refractivity contribution in [3.63, 3.8) is 0 Å². The molecule has 1 aliphatic heterocycles. The van der Waals surface area contributed by atoms with E-state index in [-0.39, 0.29) is 10.8 Å². The quantitative estimate of drug-likeness (QED) is 0.245. The summed E-state index contributed by atoms with van der Waals surface area (Å²) in [4.78, 5) is 9.46. The molecule has 0 aliphatic carbocycles. The Hall–Kier alpha value is -4.26. The zero-order valence-electron chi connectivity index (χ0n) is 24.1. The summed E-state index contributed by atoms with van der Waals surface area (Å²) in [5.74, 6) is 0.718. The minimum Gasteiger partial charge on any atom is -0.399 e. The van der Waals surface area contributed by atoms with Crippen molar-refractivity contribution >= 4 is 38.1 Å². The first kappa shape index (κ1) is 28.8. The lowest BCUT2D eigenvalue weighted by Gasteiger charge is -2.33. The summed E-state index contributed by atoms with van der Waals surface area (Å²) in [7, 11) is 0.448. The van der Waals surface area contributed by atoms with Gasteiger partial charge < -0.3 is 15.5 Å². The fourth-order valence-electron chi connectivity index (χ4n) is 5.21. The number of hydrogen-bond donors (Lipinski definition) is 1. The summed E-state index contributed by atoms with van der Waals surface area (Å²) in [6, 6.07) is 25.1. The molecule has 0 bridgehead atoms. The number of nitrogen functional groups attached to an aromatic ring is 1. The van der Waals surface area contributed by atoms with E-state index in [0.29, 0.717) is 31.9 Å². The van der Waals surface area contributed by atoms with Crippen molar-refractivity contribution in [3.05, 3.63) is 108 Å². The van der Waals surface area contributed by atoms with Crippen LogP contribution in [0, 0.1) is 0 Å². The van der Waals surface area contributed by atoms with E-state index in [2.05, 4.69) is 39.2 Å². The lowest BCUT2D eigenvalue weighted by molar-refractivity contribution is 0.384. The Morgan fingerprint density at radius 3 is 2.26 bits per heavy atom. The van der Waals surface area contributed by atoms with Gasteiger partial charge in [0.1, 0.15) is 0 Å². The van der Waals surface area contributed by atoms with Gasteiger partial charge in [-0.3, -0.25) is 0 Å². The van der Waals surface area contributed by atoms with Crippen LogP contribution in [0.4, 0.5) is 16.5 Å². The number of piperazine rings is 1. The standard InChI is InChI=1S/C31H34N8O2S2/c1-36(2)26-10-4-23(5-11-26)22-29(24-6-8-25(32)9-7-24)30-34-31(42-35-30)37-18-20-38(21-19-37)43(40,41)28-14-12-27(13-15-28)39-17-3-16-33-39/h3-17,29H,18-22,32H2,1-2H3. The van der Waals surface area contributed by atoms with Gasteiger partial charge in [0.25, 0.3) is 0 Å². The molecule has 1 unspecified atom stereocenters. The molecule has 1 atom stereocenters. The summed E-state index contributed by atoms with van der Waals surface area (Å²) in [6.07, 6.45) is 4.26. The molecule has 1 saturated heterocycles. The van der Waals surface area contributed by atoms with Gasteiger partial charge in [-0.25, -0.2) is 18.1 Å². The first-order chi connectivity index (χ1) is 20.8. The Morgan fingerprint density at radius 2 is 1.63 bits per heavy atom. The minimum absolute atomic E-state index is 0.0396. The number of hydrogen-bond acceptors (Lipinski definition) is 9. The van der Waals surface area contributed by atoms with Crippen molar-refractivity contribution < 1.29 is 8.42 Å². The molecule has 0 radical (unpaired) electrons. The lowest BCUT2D eigenvalue weighted by Crippen LogP contribution is -2.48. The van der Waals surface area contributed by atoms with E-state index in [1.165, 1.54) is 17.1 Å². The fraction of sp³-hybridized carbons (Fsp3) is 0.258. The molecule has 1 fully saturated rings. The van der Waals surface area contributed by atoms with E-state index in [0.717, 1.165) is 34.3 Å². The Kier molecular flexibility index (Phi) is 8.15. The Labute approximate surface area is 256 Å². The fourth-order valence-corrected chi connectivity index (χ4v) is 7.41. The van der Waals surface area contributed by atoms with E-state index in [1.54, 1.807) is 39.4 Å². The molecular weight excluding hydrogens is 581 g/mol. The molecule has 2 N–H and O–H groups in total. The number of benzene rings is 3. The van der Waals surface area contributed by atoms with Gasteiger partial charge in [-0.1, -0.05) is 24.3 Å². The van der Waals surface area contributed by atoms with E-state index >= 15 is 0 Å². The number of aromatic nitrogens is 4. The molecule has 43 heavy (non-hydrogen) atoms. The molecule has 0 saturated carbocycles. The molecule has 222 valence electrons. The normalized spacial score (nSPS) is 15.0. The van der Waals surface area contributed by atoms with Crippen molar-refractivity contribution in [3.8, 4) is 5.69 Å². The smallest absolute Gasteiger partial charge is 0.243 e. The van der Waals surface area contributed by atoms with Gasteiger partial charge in [0.2, 0.25) is 15.2 Å². The molecule has 6 rings (SSSR count). The molecule has 0 amide bonds. The van der Waals surface area contributed by atoms with Gasteiger partial charge in [-0.15, -0.1) is 0 Å². The third-order valence-electron chi connectivity index (χ3n) is 7.73. The summed E-state index contributed by atoms with van der Waals surface area (Å²) >= 11 is 1.36. The Bertz CT molecular complexity index is 1740. The number of sulfonamides is 1. The van der Waals surface area contributed by atoms with Gasteiger partial charge in [-0.2, -0.15) is 13.8 Å². The van der Waals surface area contributed by atoms with Crippen LogP contribution in [-0.2, 0) is 16.4 Å². The SMILES string of the molecule is CN(C)c1ccc(CC(c2ccc(N)cc2)c2nsc(N3CCN(S(=O)(=O)c4ccc(-n5cccn5)cc4)CC3)n2)cc1. The van der Waals surface area contributed by atoms with Gasteiger partial charge in [0.15, 0.2) is 5.82 Å². The number of rotatable bonds is 9. The minimum atomic E-state index is -3.61. The van der Waals surface area contributed by atoms with Crippen LogP contribution in [0.2, 0.25) is 0 Å². The van der Waals surface area contributed by atoms with E-state index in [1.807, 2.05) is 50.6 Å². The van der Waals surface area contributed by atoms with E-state index in [4.69, 9.17) is 15.1 Å². The highest BCUT2D eigenvalue weighted by molar-refractivity contribution is 7.89. The topological polar surface area (TPSA) is 113 Å². The van der Waals surface area contributed by atoms with Crippen molar-refractivity contribution in [2.75, 3.05) is 55.8 Å². The molecule has 3 aromatic carbocycles. The number of nitrogens with two attached hydrogens (primary N) is 1. The zero-order valence-corrected chi connectivity index (χ0v) is 25.7. The van der Waals surface area contributed by atoms with Crippen LogP contribution >= 0.6 is 11.5 Å². The first-order valence-corrected chi connectivity index (χ1v) is 16.3. The van der Waals surface area contributed by atoms with Crippen molar-refractivity contribution in [2.45, 2.75) is 17.2 Å². The number of nitrogens with zero attached hydrogens (tertiary/aromatic N) is 7. The monoisotopic (exact) mass is 614 g/mol. The summed E-state index contributed by atoms with van der Waals surface area (Å²) in [6.45, 7) is 1.82. The third-order valence-corrected chi connectivity index (χ3v) is 10.4. The number of anilines is 3. The molecule has 1 aliphatic rings. The zero-order chi connectivity index (χ0) is 30.0. The second-order valence-corrected chi connectivity index (χ2v) is 13.4. The molecule has 5 aromatic rings. The lowest BCUT2D eigenvalue weighted by atomic mass is 9.91. The van der Waals surface area contributed by atoms with E-state index < -0.39 is 10.0 Å². The Morgan fingerprint density at radius 1 is 0.930 bits per heavy atom. The van der Waals surface area contributed by atoms with Crippen LogP contribution in [0.15, 0.2) is 96.2 Å². The largest absolute Gasteiger partial charge is 0.399 e. The summed E-state index contributed by atoms with van der Waals surface area (Å²) in [5.41, 5.74) is 10.9. The van der Waals surface area contributed by atoms with Gasteiger partial charge in [0, 0.05) is 81.5 Å². The predicted molar refractivity (Wildman–Crippen MR) is 172 cm³/mol. The van der Waals surface area contributed by atoms with Crippen LogP contribution in [0.3, 0.4) is 0 Å². The second kappa shape index (κ2) is 12.2. The molecule has 10 nitrogen and oxygen atoms in total. The van der Waals surface area contributed by atoms with Crippen LogP contribution in [-0.4, -0.2) is 72.1 Å². The van der Waals surface area contributed by atoms with Crippen LogP contribution in [0.25, 0.3) is 5.69 Å². The molecule has 12 heteroatoms. The van der Waals surface area contributed by atoms with Gasteiger partial charge >= 0.3 is 0 Å². The highest BCUT2D eigenvalue weighted by Crippen LogP contribution is 2.32. The molecule has 3 heterocycles. The summed E-state index contributed by atoms with van der Waals surface area (Å²) < 4.78 is 34.8. The van der Waals surface area contributed by atoms with Crippen LogP contribution in [0.1, 0.15) is 22.9 Å². The van der Waals surface area contributed by atoms with Gasteiger partial charge in [0.05, 0.1) is 10.6 Å². The van der Waals surface area contributed by atoms with Crippen molar-refractivity contribution in [2.24, 2.45) is 0 Å². The first-order valence-electron chi connectivity index (χ1n) is 14.1. The molecule has 0 spiro atoms. The van der Waals surface area contributed by atoms with E-state index in [9.17, 15) is 8.42 Å². The van der Waals surface area contributed by atoms with Gasteiger partial charge in [-0.05, 0) is 72.1 Å². The highest BCUT2D eigenvalue weighted by Gasteiger charge is 2.30. The maximum atomic E-state index is 13.4. The molecular formula is C31H34N8O2S2. The third kappa shape index (κ3) is 6.26. The average Bonchev–Trinajstić information content (AvgIpc) is 3.74. The predicted octanol–water partition coefficient (Wildman–Crippen LogP) is 4.26. The summed E-state index contributed by atoms with van der Waals surface area (Å²) in [5, 5.41) is 5.01. The van der Waals surface area contributed by atoms with Crippen molar-refractivity contribution in [1.82, 2.24) is 23.4 Å². The maximum absolute atomic E-state index is 13.4.